The van der Waals surface area contributed by atoms with Gasteiger partial charge in [-0.1, -0.05) is 0 Å². The van der Waals surface area contributed by atoms with Crippen LogP contribution < -0.4 is 0 Å². The smallest absolute Gasteiger partial charge is 0.251 e. The van der Waals surface area contributed by atoms with Crippen molar-refractivity contribution in [2.45, 2.75) is 13.8 Å². The van der Waals surface area contributed by atoms with Crippen molar-refractivity contribution in [1.29, 1.82) is 0 Å². The third-order valence-electron chi connectivity index (χ3n) is 2.09. The Morgan fingerprint density at radius 1 is 1.75 bits per heavy atom. The molecule has 1 amide bonds. The van der Waals surface area contributed by atoms with Crippen LogP contribution in [0.3, 0.4) is 0 Å². The first-order valence-electron chi connectivity index (χ1n) is 4.11. The predicted octanol–water partition coefficient (Wildman–Crippen LogP) is 0.866. The normalized spacial score (nSPS) is 15.6. The number of nitrogens with zero attached hydrogens (tertiary/aromatic N) is 2. The molecule has 3 heteroatoms. The van der Waals surface area contributed by atoms with E-state index in [9.17, 15) is 4.79 Å². The van der Waals surface area contributed by atoms with Crippen LogP contribution in [0, 0.1) is 0 Å². The summed E-state index contributed by atoms with van der Waals surface area (Å²) in [6, 6.07) is 0. The quantitative estimate of drug-likeness (QED) is 0.599. The van der Waals surface area contributed by atoms with Gasteiger partial charge in [0.25, 0.3) is 5.91 Å². The van der Waals surface area contributed by atoms with Crippen LogP contribution in [0.15, 0.2) is 16.1 Å². The lowest BCUT2D eigenvalue weighted by atomic mass is 10.1. The molecular weight excluding hydrogens is 152 g/mol. The maximum atomic E-state index is 11.6. The second-order valence-corrected chi connectivity index (χ2v) is 2.95. The lowest BCUT2D eigenvalue weighted by Gasteiger charge is -2.15. The van der Waals surface area contributed by atoms with Gasteiger partial charge in [-0.15, -0.1) is 0 Å². The molecule has 0 aliphatic carbocycles. The maximum Gasteiger partial charge on any atom is 0.251 e. The molecule has 0 N–H and O–H groups in total. The predicted molar refractivity (Wildman–Crippen MR) is 49.4 cm³/mol. The van der Waals surface area contributed by atoms with Crippen molar-refractivity contribution in [1.82, 2.24) is 4.90 Å². The summed E-state index contributed by atoms with van der Waals surface area (Å²) in [5.41, 5.74) is 1.83. The third-order valence-corrected chi connectivity index (χ3v) is 2.09. The van der Waals surface area contributed by atoms with E-state index in [4.69, 9.17) is 0 Å². The second-order valence-electron chi connectivity index (χ2n) is 2.95. The van der Waals surface area contributed by atoms with Crippen molar-refractivity contribution in [3.05, 3.63) is 11.1 Å². The van der Waals surface area contributed by atoms with Crippen LogP contribution in [0.2, 0.25) is 0 Å². The Kier molecular flexibility index (Phi) is 2.63. The largest absolute Gasteiger partial charge is 0.342 e. The zero-order chi connectivity index (χ0) is 9.14. The van der Waals surface area contributed by atoms with Crippen molar-refractivity contribution in [3.8, 4) is 0 Å². The Bertz CT molecular complexity index is 253. The molecule has 0 bridgehead atoms. The fraction of sp³-hybridized carbons (Fsp3) is 0.556. The number of aliphatic imine (C=N–C) groups is 1. The topological polar surface area (TPSA) is 32.7 Å². The van der Waals surface area contributed by atoms with Gasteiger partial charge in [-0.2, -0.15) is 0 Å². The molecule has 0 radical (unpaired) electrons. The average molecular weight is 166 g/mol. The number of carbonyl (C=O) groups is 1. The lowest BCUT2D eigenvalue weighted by Crippen LogP contribution is -2.28. The van der Waals surface area contributed by atoms with Gasteiger partial charge >= 0.3 is 0 Å². The van der Waals surface area contributed by atoms with Crippen LogP contribution >= 0.6 is 0 Å². The summed E-state index contributed by atoms with van der Waals surface area (Å²) in [5.74, 6) is 0.104. The first-order chi connectivity index (χ1) is 5.66. The summed E-state index contributed by atoms with van der Waals surface area (Å²) in [5, 5.41) is 0. The summed E-state index contributed by atoms with van der Waals surface area (Å²) in [6.07, 6.45) is 1.76. The van der Waals surface area contributed by atoms with Crippen molar-refractivity contribution < 1.29 is 4.79 Å². The Balaban J connectivity index is 2.72. The average Bonchev–Trinajstić information content (AvgIpc) is 2.48. The van der Waals surface area contributed by atoms with E-state index in [1.165, 1.54) is 0 Å². The summed E-state index contributed by atoms with van der Waals surface area (Å²) in [4.78, 5) is 17.3. The highest BCUT2D eigenvalue weighted by Crippen LogP contribution is 2.11. The Morgan fingerprint density at radius 2 is 2.42 bits per heavy atom. The van der Waals surface area contributed by atoms with Crippen molar-refractivity contribution >= 4 is 12.1 Å². The minimum atomic E-state index is 0.104. The van der Waals surface area contributed by atoms with E-state index in [2.05, 4.69) is 4.99 Å². The third kappa shape index (κ3) is 1.55. The zero-order valence-electron chi connectivity index (χ0n) is 7.79. The molecule has 12 heavy (non-hydrogen) atoms. The van der Waals surface area contributed by atoms with E-state index in [0.717, 1.165) is 17.7 Å². The van der Waals surface area contributed by atoms with E-state index in [1.807, 2.05) is 13.8 Å². The van der Waals surface area contributed by atoms with Crippen molar-refractivity contribution in [3.63, 3.8) is 0 Å². The standard InChI is InChI=1S/C9H14N2O/c1-4-11(3)9(12)8-6-10-5-7(8)2/h5H,4,6H2,1-3H3. The van der Waals surface area contributed by atoms with Gasteiger partial charge in [0.2, 0.25) is 0 Å². The first-order valence-corrected chi connectivity index (χ1v) is 4.11. The summed E-state index contributed by atoms with van der Waals surface area (Å²) < 4.78 is 0. The number of hydrogen-bond donors (Lipinski definition) is 0. The van der Waals surface area contributed by atoms with Gasteiger partial charge in [-0.3, -0.25) is 9.79 Å². The molecule has 1 aliphatic heterocycles. The molecule has 0 unspecified atom stereocenters. The lowest BCUT2D eigenvalue weighted by molar-refractivity contribution is -0.125. The van der Waals surface area contributed by atoms with E-state index < -0.39 is 0 Å². The van der Waals surface area contributed by atoms with Crippen LogP contribution in [0.5, 0.6) is 0 Å². The molecule has 0 spiro atoms. The van der Waals surface area contributed by atoms with Gasteiger partial charge in [-0.25, -0.2) is 0 Å². The number of hydrogen-bond acceptors (Lipinski definition) is 2. The molecule has 1 heterocycles. The number of carbonyl (C=O) groups excluding carboxylic acids is 1. The molecule has 0 aromatic heterocycles. The fourth-order valence-electron chi connectivity index (χ4n) is 1.09. The van der Waals surface area contributed by atoms with Gasteiger partial charge in [0.05, 0.1) is 6.54 Å². The fourth-order valence-corrected chi connectivity index (χ4v) is 1.09. The molecule has 0 aromatic rings. The highest BCUT2D eigenvalue weighted by molar-refractivity contribution is 6.02. The molecule has 0 saturated heterocycles. The van der Waals surface area contributed by atoms with E-state index in [0.29, 0.717) is 6.54 Å². The highest BCUT2D eigenvalue weighted by atomic mass is 16.2. The molecule has 66 valence electrons. The molecule has 1 rings (SSSR count). The van der Waals surface area contributed by atoms with E-state index in [1.54, 1.807) is 18.2 Å². The minimum absolute atomic E-state index is 0.104. The van der Waals surface area contributed by atoms with Gasteiger partial charge in [-0.05, 0) is 19.4 Å². The minimum Gasteiger partial charge on any atom is -0.342 e. The molecule has 0 saturated carbocycles. The Hall–Kier alpha value is -1.12. The number of allylic oxidation sites excluding steroid dienone is 1. The summed E-state index contributed by atoms with van der Waals surface area (Å²) in [6.45, 7) is 5.18. The van der Waals surface area contributed by atoms with Crippen LogP contribution in [-0.4, -0.2) is 37.2 Å². The van der Waals surface area contributed by atoms with E-state index in [-0.39, 0.29) is 5.91 Å². The van der Waals surface area contributed by atoms with E-state index >= 15 is 0 Å². The number of amides is 1. The van der Waals surface area contributed by atoms with Crippen LogP contribution in [-0.2, 0) is 4.79 Å². The van der Waals surface area contributed by atoms with Crippen LogP contribution in [0.1, 0.15) is 13.8 Å². The van der Waals surface area contributed by atoms with Gasteiger partial charge in [0, 0.05) is 25.4 Å². The molecule has 3 nitrogen and oxygen atoms in total. The first kappa shape index (κ1) is 8.97. The number of rotatable bonds is 2. The molecule has 0 atom stereocenters. The zero-order valence-corrected chi connectivity index (χ0v) is 7.79. The highest BCUT2D eigenvalue weighted by Gasteiger charge is 2.17. The molecule has 1 aliphatic rings. The SMILES string of the molecule is CCN(C)C(=O)C1=C(C)C=NC1. The maximum absolute atomic E-state index is 11.6. The Labute approximate surface area is 72.8 Å². The summed E-state index contributed by atoms with van der Waals surface area (Å²) in [7, 11) is 1.81. The van der Waals surface area contributed by atoms with Gasteiger partial charge in [0.1, 0.15) is 0 Å². The van der Waals surface area contributed by atoms with Crippen LogP contribution in [0.4, 0.5) is 0 Å². The Morgan fingerprint density at radius 3 is 2.83 bits per heavy atom. The summed E-state index contributed by atoms with van der Waals surface area (Å²) >= 11 is 0. The van der Waals surface area contributed by atoms with Gasteiger partial charge < -0.3 is 4.90 Å². The van der Waals surface area contributed by atoms with Crippen molar-refractivity contribution in [2.24, 2.45) is 4.99 Å². The monoisotopic (exact) mass is 166 g/mol. The molecular formula is C9H14N2O. The number of likely N-dealkylation sites (N-methyl/N-ethyl adjacent to an activating group) is 1. The molecule has 0 fully saturated rings. The molecule has 0 aromatic carbocycles. The van der Waals surface area contributed by atoms with Gasteiger partial charge in [0.15, 0.2) is 0 Å². The second kappa shape index (κ2) is 3.52. The van der Waals surface area contributed by atoms with Crippen molar-refractivity contribution in [2.75, 3.05) is 20.1 Å². The van der Waals surface area contributed by atoms with Crippen LogP contribution in [0.25, 0.3) is 0 Å².